The van der Waals surface area contributed by atoms with E-state index in [9.17, 15) is 4.79 Å². The number of rotatable bonds is 0. The molecule has 0 amide bonds. The molecule has 3 heteroatoms. The van der Waals surface area contributed by atoms with Crippen LogP contribution in [0.1, 0.15) is 5.56 Å². The van der Waals surface area contributed by atoms with Crippen LogP contribution in [0.25, 0.3) is 17.0 Å². The summed E-state index contributed by atoms with van der Waals surface area (Å²) >= 11 is 0. The molecule has 2 aromatic carbocycles. The van der Waals surface area contributed by atoms with Crippen LogP contribution in [0.15, 0.2) is 76.0 Å². The molecule has 104 valence electrons. The maximum atomic E-state index is 10.7. The lowest BCUT2D eigenvalue weighted by atomic mass is 10.1. The zero-order valence-electron chi connectivity index (χ0n) is 11.5. The Morgan fingerprint density at radius 1 is 0.905 bits per heavy atom. The van der Waals surface area contributed by atoms with Gasteiger partial charge in [0, 0.05) is 23.7 Å². The smallest absolute Gasteiger partial charge is 0.336 e. The third kappa shape index (κ3) is 3.20. The predicted octanol–water partition coefficient (Wildman–Crippen LogP) is 3.92. The first-order valence-corrected chi connectivity index (χ1v) is 6.81. The van der Waals surface area contributed by atoms with Gasteiger partial charge in [0.15, 0.2) is 0 Å². The van der Waals surface area contributed by atoms with Gasteiger partial charge in [0.1, 0.15) is 5.58 Å². The van der Waals surface area contributed by atoms with Gasteiger partial charge in [0.25, 0.3) is 0 Å². The van der Waals surface area contributed by atoms with Crippen molar-refractivity contribution >= 4 is 22.7 Å². The number of hydrogen-bond donors (Lipinski definition) is 1. The molecule has 4 rings (SSSR count). The normalized spacial score (nSPS) is 12.0. The fourth-order valence-electron chi connectivity index (χ4n) is 2.17. The van der Waals surface area contributed by atoms with Crippen molar-refractivity contribution < 1.29 is 4.42 Å². The first-order chi connectivity index (χ1) is 10.3. The number of fused-ring (bicyclic) bond motifs is 2. The van der Waals surface area contributed by atoms with Gasteiger partial charge in [-0.2, -0.15) is 0 Å². The molecular weight excluding hydrogens is 262 g/mol. The molecule has 1 aliphatic heterocycles. The Hall–Kier alpha value is -2.81. The molecule has 21 heavy (non-hydrogen) atoms. The fourth-order valence-corrected chi connectivity index (χ4v) is 2.17. The molecule has 1 N–H and O–H groups in total. The summed E-state index contributed by atoms with van der Waals surface area (Å²) < 4.78 is 4.91. The van der Waals surface area contributed by atoms with Gasteiger partial charge in [-0.15, -0.1) is 0 Å². The van der Waals surface area contributed by atoms with Crippen LogP contribution < -0.4 is 10.9 Å². The molecule has 0 unspecified atom stereocenters. The Morgan fingerprint density at radius 3 is 2.62 bits per heavy atom. The van der Waals surface area contributed by atoms with Gasteiger partial charge >= 0.3 is 5.63 Å². The Morgan fingerprint density at radius 2 is 1.71 bits per heavy atom. The van der Waals surface area contributed by atoms with Crippen LogP contribution in [-0.2, 0) is 0 Å². The van der Waals surface area contributed by atoms with Gasteiger partial charge in [0.05, 0.1) is 0 Å². The van der Waals surface area contributed by atoms with Crippen LogP contribution in [0, 0.1) is 0 Å². The van der Waals surface area contributed by atoms with E-state index in [1.54, 1.807) is 12.1 Å². The SMILES string of the molecule is C1=Cc2ccccc2NC1.O=c1ccc2ccccc2o1. The van der Waals surface area contributed by atoms with E-state index in [-0.39, 0.29) is 5.63 Å². The third-order valence-corrected chi connectivity index (χ3v) is 3.20. The van der Waals surface area contributed by atoms with Crippen LogP contribution in [0.2, 0.25) is 0 Å². The van der Waals surface area contributed by atoms with Gasteiger partial charge in [-0.3, -0.25) is 0 Å². The third-order valence-electron chi connectivity index (χ3n) is 3.20. The highest BCUT2D eigenvalue weighted by atomic mass is 16.4. The molecule has 0 saturated carbocycles. The second kappa shape index (κ2) is 6.09. The van der Waals surface area contributed by atoms with Gasteiger partial charge in [-0.05, 0) is 23.8 Å². The van der Waals surface area contributed by atoms with Crippen LogP contribution in [0.3, 0.4) is 0 Å². The maximum absolute atomic E-state index is 10.7. The average Bonchev–Trinajstić information content (AvgIpc) is 2.55. The van der Waals surface area contributed by atoms with Crippen molar-refractivity contribution in [1.82, 2.24) is 0 Å². The minimum atomic E-state index is -0.302. The molecule has 0 atom stereocenters. The van der Waals surface area contributed by atoms with Crippen LogP contribution in [0.5, 0.6) is 0 Å². The zero-order valence-corrected chi connectivity index (χ0v) is 11.5. The Balaban J connectivity index is 0.000000126. The van der Waals surface area contributed by atoms with Gasteiger partial charge in [0.2, 0.25) is 0 Å². The Bertz CT molecular complexity index is 833. The summed E-state index contributed by atoms with van der Waals surface area (Å²) in [6.45, 7) is 0.955. The minimum Gasteiger partial charge on any atom is -0.423 e. The van der Waals surface area contributed by atoms with Crippen molar-refractivity contribution in [2.75, 3.05) is 11.9 Å². The first kappa shape index (κ1) is 13.2. The number of benzene rings is 2. The highest BCUT2D eigenvalue weighted by Gasteiger charge is 1.98. The van der Waals surface area contributed by atoms with E-state index in [2.05, 4.69) is 35.7 Å². The second-order valence-electron chi connectivity index (χ2n) is 4.66. The van der Waals surface area contributed by atoms with Crippen molar-refractivity contribution in [2.45, 2.75) is 0 Å². The number of anilines is 1. The lowest BCUT2D eigenvalue weighted by Crippen LogP contribution is -2.03. The highest BCUT2D eigenvalue weighted by molar-refractivity contribution is 5.75. The lowest BCUT2D eigenvalue weighted by molar-refractivity contribution is 0.561. The maximum Gasteiger partial charge on any atom is 0.336 e. The van der Waals surface area contributed by atoms with Gasteiger partial charge in [-0.25, -0.2) is 4.79 Å². The summed E-state index contributed by atoms with van der Waals surface area (Å²) in [6.07, 6.45) is 4.27. The molecule has 1 aliphatic rings. The predicted molar refractivity (Wildman–Crippen MR) is 86.4 cm³/mol. The second-order valence-corrected chi connectivity index (χ2v) is 4.66. The molecule has 0 spiro atoms. The van der Waals surface area contributed by atoms with E-state index in [0.717, 1.165) is 11.9 Å². The highest BCUT2D eigenvalue weighted by Crippen LogP contribution is 2.18. The standard InChI is InChI=1S/C9H9N.C9H6O2/c1-2-6-9-8(4-1)5-3-7-10-9;10-9-6-5-7-3-1-2-4-8(7)11-9/h1-6,10H,7H2;1-6H. The molecule has 0 radical (unpaired) electrons. The largest absolute Gasteiger partial charge is 0.423 e. The van der Waals surface area contributed by atoms with Crippen molar-refractivity contribution in [3.05, 3.63) is 82.7 Å². The monoisotopic (exact) mass is 277 g/mol. The zero-order chi connectivity index (χ0) is 14.5. The number of nitrogens with one attached hydrogen (secondary N) is 1. The molecule has 3 nitrogen and oxygen atoms in total. The quantitative estimate of drug-likeness (QED) is 0.633. The molecule has 1 aromatic heterocycles. The van der Waals surface area contributed by atoms with Crippen LogP contribution in [-0.4, -0.2) is 6.54 Å². The number of para-hydroxylation sites is 2. The molecular formula is C18H15NO2. The summed E-state index contributed by atoms with van der Waals surface area (Å²) in [6, 6.07) is 18.9. The molecule has 3 aromatic rings. The summed E-state index contributed by atoms with van der Waals surface area (Å²) in [4.78, 5) is 10.7. The first-order valence-electron chi connectivity index (χ1n) is 6.81. The van der Waals surface area contributed by atoms with Crippen molar-refractivity contribution in [3.8, 4) is 0 Å². The lowest BCUT2D eigenvalue weighted by Gasteiger charge is -2.11. The molecule has 0 saturated heterocycles. The van der Waals surface area contributed by atoms with E-state index in [0.29, 0.717) is 5.58 Å². The minimum absolute atomic E-state index is 0.302. The summed E-state index contributed by atoms with van der Waals surface area (Å²) in [5.41, 5.74) is 2.86. The van der Waals surface area contributed by atoms with Gasteiger partial charge in [-0.1, -0.05) is 48.6 Å². The van der Waals surface area contributed by atoms with Crippen molar-refractivity contribution in [1.29, 1.82) is 0 Å². The fraction of sp³-hybridized carbons (Fsp3) is 0.0556. The van der Waals surface area contributed by atoms with E-state index in [1.165, 1.54) is 17.3 Å². The Kier molecular flexibility index (Phi) is 3.83. The van der Waals surface area contributed by atoms with E-state index >= 15 is 0 Å². The molecule has 0 bridgehead atoms. The Labute approximate surface area is 122 Å². The van der Waals surface area contributed by atoms with Crippen molar-refractivity contribution in [2.24, 2.45) is 0 Å². The summed E-state index contributed by atoms with van der Waals surface area (Å²) in [5.74, 6) is 0. The van der Waals surface area contributed by atoms with Gasteiger partial charge < -0.3 is 9.73 Å². The van der Waals surface area contributed by atoms with E-state index < -0.39 is 0 Å². The molecule has 0 fully saturated rings. The molecule has 2 heterocycles. The average molecular weight is 277 g/mol. The van der Waals surface area contributed by atoms with Crippen LogP contribution >= 0.6 is 0 Å². The summed E-state index contributed by atoms with van der Waals surface area (Å²) in [7, 11) is 0. The van der Waals surface area contributed by atoms with Crippen molar-refractivity contribution in [3.63, 3.8) is 0 Å². The summed E-state index contributed by atoms with van der Waals surface area (Å²) in [5, 5.41) is 4.23. The van der Waals surface area contributed by atoms with E-state index in [4.69, 9.17) is 4.42 Å². The molecule has 0 aliphatic carbocycles. The van der Waals surface area contributed by atoms with E-state index in [1.807, 2.05) is 24.3 Å². The topological polar surface area (TPSA) is 42.2 Å². The van der Waals surface area contributed by atoms with Crippen LogP contribution in [0.4, 0.5) is 5.69 Å². The number of hydrogen-bond acceptors (Lipinski definition) is 3.